The molecule has 0 aromatic carbocycles. The standard InChI is InChI=1S/C51H93NO5/c1-4-7-10-13-16-19-22-23-24-25-26-27-29-32-35-38-41-44-51(56)57-47(42-39-36-33-30-21-18-15-12-9-6-3)45-50(55)52-48(46-53)49(54)43-40-37-34-31-28-20-17-14-11-8-5-2/h16,19,23-24,26-27,32,35,47-49,53-54H,4-15,17-18,20-22,25,28-31,33-34,36-46H2,1-3H3,(H,52,55)/b19-16-,24-23-,27-26-,35-32-. The van der Waals surface area contributed by atoms with E-state index < -0.39 is 18.2 Å². The summed E-state index contributed by atoms with van der Waals surface area (Å²) >= 11 is 0. The number of aliphatic hydroxyl groups is 2. The van der Waals surface area contributed by atoms with E-state index in [1.54, 1.807) is 0 Å². The van der Waals surface area contributed by atoms with Crippen molar-refractivity contribution in [1.29, 1.82) is 0 Å². The molecular weight excluding hydrogens is 707 g/mol. The lowest BCUT2D eigenvalue weighted by atomic mass is 10.0. The third-order valence-electron chi connectivity index (χ3n) is 10.9. The number of rotatable bonds is 43. The van der Waals surface area contributed by atoms with Crippen LogP contribution in [0.1, 0.15) is 239 Å². The van der Waals surface area contributed by atoms with Crippen molar-refractivity contribution < 1.29 is 24.5 Å². The number of ether oxygens (including phenoxy) is 1. The predicted octanol–water partition coefficient (Wildman–Crippen LogP) is 14.3. The third kappa shape index (κ3) is 40.4. The second kappa shape index (κ2) is 44.9. The Labute approximate surface area is 353 Å². The fourth-order valence-corrected chi connectivity index (χ4v) is 7.19. The molecule has 1 amide bonds. The van der Waals surface area contributed by atoms with Gasteiger partial charge < -0.3 is 20.3 Å². The second-order valence-electron chi connectivity index (χ2n) is 16.5. The highest BCUT2D eigenvalue weighted by Crippen LogP contribution is 2.17. The SMILES string of the molecule is CCCCC/C=C\C/C=C\C/C=C\C/C=C\CCCC(=O)OC(CCCCCCCCCCCC)CC(=O)NC(CO)C(O)CCCCCCCCCCCCC. The Morgan fingerprint density at radius 3 is 1.35 bits per heavy atom. The molecule has 0 bridgehead atoms. The van der Waals surface area contributed by atoms with Crippen LogP contribution in [0.4, 0.5) is 0 Å². The van der Waals surface area contributed by atoms with Crippen molar-refractivity contribution in [1.82, 2.24) is 5.32 Å². The highest BCUT2D eigenvalue weighted by atomic mass is 16.5. The van der Waals surface area contributed by atoms with E-state index in [0.29, 0.717) is 25.7 Å². The van der Waals surface area contributed by atoms with Crippen LogP contribution in [0.25, 0.3) is 0 Å². The summed E-state index contributed by atoms with van der Waals surface area (Å²) in [6.45, 7) is 6.42. The number of allylic oxidation sites excluding steroid dienone is 8. The molecule has 0 saturated heterocycles. The Morgan fingerprint density at radius 2 is 0.895 bits per heavy atom. The maximum Gasteiger partial charge on any atom is 0.306 e. The number of hydrogen-bond acceptors (Lipinski definition) is 5. The Balaban J connectivity index is 4.61. The number of esters is 1. The van der Waals surface area contributed by atoms with E-state index in [4.69, 9.17) is 4.74 Å². The van der Waals surface area contributed by atoms with E-state index in [0.717, 1.165) is 64.2 Å². The molecule has 3 atom stereocenters. The van der Waals surface area contributed by atoms with Gasteiger partial charge in [0.05, 0.1) is 25.2 Å². The highest BCUT2D eigenvalue weighted by molar-refractivity contribution is 5.77. The molecule has 0 rings (SSSR count). The van der Waals surface area contributed by atoms with E-state index in [9.17, 15) is 19.8 Å². The number of amides is 1. The van der Waals surface area contributed by atoms with E-state index in [2.05, 4.69) is 74.7 Å². The molecule has 57 heavy (non-hydrogen) atoms. The molecule has 0 saturated carbocycles. The molecule has 0 aromatic rings. The topological polar surface area (TPSA) is 95.9 Å². The van der Waals surface area contributed by atoms with Crippen molar-refractivity contribution in [2.75, 3.05) is 6.61 Å². The van der Waals surface area contributed by atoms with Crippen LogP contribution >= 0.6 is 0 Å². The predicted molar refractivity (Wildman–Crippen MR) is 245 cm³/mol. The Kier molecular flexibility index (Phi) is 43.2. The number of unbranched alkanes of at least 4 members (excludes halogenated alkanes) is 23. The molecule has 0 aromatic heterocycles. The van der Waals surface area contributed by atoms with Crippen molar-refractivity contribution >= 4 is 11.9 Å². The smallest absolute Gasteiger partial charge is 0.306 e. The van der Waals surface area contributed by atoms with Crippen LogP contribution in [-0.4, -0.2) is 46.9 Å². The molecule has 3 unspecified atom stereocenters. The van der Waals surface area contributed by atoms with Crippen LogP contribution in [0, 0.1) is 0 Å². The summed E-state index contributed by atoms with van der Waals surface area (Å²) in [4.78, 5) is 26.0. The van der Waals surface area contributed by atoms with Crippen LogP contribution in [-0.2, 0) is 14.3 Å². The average molecular weight is 800 g/mol. The average Bonchev–Trinajstić information content (AvgIpc) is 3.20. The van der Waals surface area contributed by atoms with E-state index in [-0.39, 0.29) is 24.9 Å². The summed E-state index contributed by atoms with van der Waals surface area (Å²) in [7, 11) is 0. The van der Waals surface area contributed by atoms with Gasteiger partial charge in [-0.05, 0) is 64.2 Å². The third-order valence-corrected chi connectivity index (χ3v) is 10.9. The first-order valence-electron chi connectivity index (χ1n) is 24.4. The van der Waals surface area contributed by atoms with Gasteiger partial charge in [0.1, 0.15) is 6.10 Å². The van der Waals surface area contributed by atoms with Gasteiger partial charge in [-0.2, -0.15) is 0 Å². The molecule has 6 heteroatoms. The van der Waals surface area contributed by atoms with Gasteiger partial charge in [0, 0.05) is 6.42 Å². The number of carbonyl (C=O) groups excluding carboxylic acids is 2. The first-order valence-corrected chi connectivity index (χ1v) is 24.4. The molecule has 0 radical (unpaired) electrons. The van der Waals surface area contributed by atoms with E-state index >= 15 is 0 Å². The zero-order valence-electron chi connectivity index (χ0n) is 37.7. The highest BCUT2D eigenvalue weighted by Gasteiger charge is 2.24. The summed E-state index contributed by atoms with van der Waals surface area (Å²) in [5.74, 6) is -0.538. The van der Waals surface area contributed by atoms with E-state index in [1.807, 2.05) is 0 Å². The molecule has 0 aliphatic rings. The van der Waals surface area contributed by atoms with Gasteiger partial charge in [-0.3, -0.25) is 9.59 Å². The van der Waals surface area contributed by atoms with Crippen LogP contribution in [0.15, 0.2) is 48.6 Å². The number of nitrogens with one attached hydrogen (secondary N) is 1. The van der Waals surface area contributed by atoms with Gasteiger partial charge in [-0.1, -0.05) is 211 Å². The van der Waals surface area contributed by atoms with Crippen LogP contribution in [0.2, 0.25) is 0 Å². The molecular formula is C51H93NO5. The lowest BCUT2D eigenvalue weighted by Gasteiger charge is -2.24. The largest absolute Gasteiger partial charge is 0.462 e. The monoisotopic (exact) mass is 800 g/mol. The maximum atomic E-state index is 13.1. The molecule has 0 heterocycles. The van der Waals surface area contributed by atoms with Gasteiger partial charge in [-0.25, -0.2) is 0 Å². The quantitative estimate of drug-likeness (QED) is 0.0324. The Morgan fingerprint density at radius 1 is 0.509 bits per heavy atom. The normalized spacial score (nSPS) is 13.7. The second-order valence-corrected chi connectivity index (χ2v) is 16.5. The first-order chi connectivity index (χ1) is 28.0. The van der Waals surface area contributed by atoms with Crippen LogP contribution in [0.3, 0.4) is 0 Å². The van der Waals surface area contributed by atoms with Gasteiger partial charge in [0.25, 0.3) is 0 Å². The van der Waals surface area contributed by atoms with Crippen molar-refractivity contribution in [2.24, 2.45) is 0 Å². The summed E-state index contributed by atoms with van der Waals surface area (Å²) in [5.41, 5.74) is 0. The van der Waals surface area contributed by atoms with E-state index in [1.165, 1.54) is 122 Å². The minimum absolute atomic E-state index is 0.0575. The zero-order valence-corrected chi connectivity index (χ0v) is 37.7. The van der Waals surface area contributed by atoms with Crippen LogP contribution in [0.5, 0.6) is 0 Å². The van der Waals surface area contributed by atoms with Crippen molar-refractivity contribution in [3.8, 4) is 0 Å². The minimum atomic E-state index is -0.793. The number of carbonyl (C=O) groups is 2. The first kappa shape index (κ1) is 54.8. The minimum Gasteiger partial charge on any atom is -0.462 e. The van der Waals surface area contributed by atoms with Gasteiger partial charge in [0.15, 0.2) is 0 Å². The summed E-state index contributed by atoms with van der Waals surface area (Å²) in [6, 6.07) is -0.709. The fourth-order valence-electron chi connectivity index (χ4n) is 7.19. The van der Waals surface area contributed by atoms with Gasteiger partial charge in [0.2, 0.25) is 5.91 Å². The molecule has 6 nitrogen and oxygen atoms in total. The fraction of sp³-hybridized carbons (Fsp3) is 0.804. The molecule has 0 aliphatic heterocycles. The van der Waals surface area contributed by atoms with Crippen molar-refractivity contribution in [3.63, 3.8) is 0 Å². The van der Waals surface area contributed by atoms with Crippen molar-refractivity contribution in [2.45, 2.75) is 257 Å². The summed E-state index contributed by atoms with van der Waals surface area (Å²) in [5, 5.41) is 23.6. The summed E-state index contributed by atoms with van der Waals surface area (Å²) in [6.07, 6.45) is 53.1. The molecule has 0 fully saturated rings. The number of aliphatic hydroxyl groups excluding tert-OH is 2. The zero-order chi connectivity index (χ0) is 41.7. The summed E-state index contributed by atoms with van der Waals surface area (Å²) < 4.78 is 5.88. The number of hydrogen-bond donors (Lipinski definition) is 3. The molecule has 0 aliphatic carbocycles. The van der Waals surface area contributed by atoms with Gasteiger partial charge in [-0.15, -0.1) is 0 Å². The lowest BCUT2D eigenvalue weighted by Crippen LogP contribution is -2.46. The molecule has 332 valence electrons. The van der Waals surface area contributed by atoms with Gasteiger partial charge >= 0.3 is 5.97 Å². The van der Waals surface area contributed by atoms with Crippen LogP contribution < -0.4 is 5.32 Å². The molecule has 0 spiro atoms. The lowest BCUT2D eigenvalue weighted by molar-refractivity contribution is -0.151. The maximum absolute atomic E-state index is 13.1. The Hall–Kier alpha value is -2.18. The van der Waals surface area contributed by atoms with Crippen molar-refractivity contribution in [3.05, 3.63) is 48.6 Å². The Bertz CT molecular complexity index is 988. The molecule has 3 N–H and O–H groups in total.